The first-order chi connectivity index (χ1) is 9.02. The van der Waals surface area contributed by atoms with Gasteiger partial charge in [0, 0.05) is 5.02 Å². The Bertz CT molecular complexity index is 604. The zero-order chi connectivity index (χ0) is 14.0. The Hall–Kier alpha value is -0.840. The van der Waals surface area contributed by atoms with Gasteiger partial charge in [0.05, 0.1) is 16.1 Å². The number of halogens is 4. The van der Waals surface area contributed by atoms with E-state index in [4.69, 9.17) is 40.6 Å². The van der Waals surface area contributed by atoms with Gasteiger partial charge in [-0.2, -0.15) is 0 Å². The summed E-state index contributed by atoms with van der Waals surface area (Å²) >= 11 is 17.9. The Morgan fingerprint density at radius 3 is 2.26 bits per heavy atom. The maximum atomic E-state index is 13.3. The van der Waals surface area contributed by atoms with Crippen molar-refractivity contribution in [3.8, 4) is 0 Å². The van der Waals surface area contributed by atoms with Crippen LogP contribution in [0.3, 0.4) is 0 Å². The summed E-state index contributed by atoms with van der Waals surface area (Å²) in [5.41, 5.74) is 3.87. The van der Waals surface area contributed by atoms with Crippen molar-refractivity contribution in [3.63, 3.8) is 0 Å². The molecule has 0 saturated heterocycles. The molecule has 0 radical (unpaired) electrons. The number of hydrazine groups is 1. The number of hydrogen-bond acceptors (Lipinski definition) is 2. The summed E-state index contributed by atoms with van der Waals surface area (Å²) in [6.45, 7) is 0. The number of nitrogens with two attached hydrogens (primary N) is 1. The van der Waals surface area contributed by atoms with Gasteiger partial charge in [-0.15, -0.1) is 0 Å². The Balaban J connectivity index is 2.49. The molecule has 0 fully saturated rings. The molecule has 0 aliphatic heterocycles. The summed E-state index contributed by atoms with van der Waals surface area (Å²) in [6, 6.07) is 8.68. The smallest absolute Gasteiger partial charge is 0.123 e. The quantitative estimate of drug-likeness (QED) is 0.652. The fourth-order valence-electron chi connectivity index (χ4n) is 1.79. The second-order valence-electron chi connectivity index (χ2n) is 3.94. The maximum absolute atomic E-state index is 13.3. The van der Waals surface area contributed by atoms with Gasteiger partial charge in [-0.1, -0.05) is 40.9 Å². The van der Waals surface area contributed by atoms with E-state index in [1.54, 1.807) is 18.2 Å². The highest BCUT2D eigenvalue weighted by molar-refractivity contribution is 6.42. The van der Waals surface area contributed by atoms with Gasteiger partial charge in [0.1, 0.15) is 5.82 Å². The van der Waals surface area contributed by atoms with Crippen LogP contribution in [0.4, 0.5) is 4.39 Å². The lowest BCUT2D eigenvalue weighted by atomic mass is 9.99. The lowest BCUT2D eigenvalue weighted by molar-refractivity contribution is 0.605. The van der Waals surface area contributed by atoms with Crippen LogP contribution in [0, 0.1) is 5.82 Å². The molecule has 100 valence electrons. The van der Waals surface area contributed by atoms with E-state index in [0.717, 1.165) is 5.56 Å². The molecule has 0 bridgehead atoms. The van der Waals surface area contributed by atoms with Crippen LogP contribution in [0.25, 0.3) is 0 Å². The topological polar surface area (TPSA) is 38.0 Å². The van der Waals surface area contributed by atoms with Gasteiger partial charge in [0.25, 0.3) is 0 Å². The molecule has 0 amide bonds. The van der Waals surface area contributed by atoms with Crippen molar-refractivity contribution >= 4 is 34.8 Å². The molecule has 0 spiro atoms. The molecule has 0 aliphatic rings. The van der Waals surface area contributed by atoms with Gasteiger partial charge in [-0.3, -0.25) is 5.84 Å². The Morgan fingerprint density at radius 2 is 1.63 bits per heavy atom. The first-order valence-corrected chi connectivity index (χ1v) is 6.52. The standard InChI is InChI=1S/C13H10Cl3FN2/c14-10-4-2-8(17)6-9(10)13(19-18)7-1-3-11(15)12(16)5-7/h1-6,13,19H,18H2. The largest absolute Gasteiger partial charge is 0.271 e. The van der Waals surface area contributed by atoms with Gasteiger partial charge in [0.2, 0.25) is 0 Å². The minimum absolute atomic E-state index is 0.389. The molecule has 3 N–H and O–H groups in total. The summed E-state index contributed by atoms with van der Waals surface area (Å²) < 4.78 is 13.3. The Morgan fingerprint density at radius 1 is 0.947 bits per heavy atom. The van der Waals surface area contributed by atoms with E-state index in [1.807, 2.05) is 0 Å². The summed E-state index contributed by atoms with van der Waals surface area (Å²) in [5, 5.41) is 1.24. The van der Waals surface area contributed by atoms with Crippen LogP contribution in [-0.4, -0.2) is 0 Å². The number of hydrogen-bond donors (Lipinski definition) is 2. The van der Waals surface area contributed by atoms with Gasteiger partial charge < -0.3 is 0 Å². The van der Waals surface area contributed by atoms with E-state index in [0.29, 0.717) is 20.6 Å². The molecule has 2 nitrogen and oxygen atoms in total. The molecule has 19 heavy (non-hydrogen) atoms. The number of benzene rings is 2. The maximum Gasteiger partial charge on any atom is 0.123 e. The summed E-state index contributed by atoms with van der Waals surface area (Å²) in [4.78, 5) is 0. The molecule has 1 unspecified atom stereocenters. The molecule has 2 rings (SSSR count). The van der Waals surface area contributed by atoms with Crippen molar-refractivity contribution < 1.29 is 4.39 Å². The third-order valence-electron chi connectivity index (χ3n) is 2.71. The Labute approximate surface area is 125 Å². The molecule has 0 heterocycles. The minimum atomic E-state index is -0.474. The van der Waals surface area contributed by atoms with Gasteiger partial charge in [-0.05, 0) is 41.5 Å². The molecule has 0 aliphatic carbocycles. The molecule has 0 aromatic heterocycles. The molecule has 2 aromatic carbocycles. The highest BCUT2D eigenvalue weighted by Gasteiger charge is 2.17. The van der Waals surface area contributed by atoms with Crippen LogP contribution in [0.5, 0.6) is 0 Å². The number of rotatable bonds is 3. The minimum Gasteiger partial charge on any atom is -0.271 e. The number of nitrogens with one attached hydrogen (secondary N) is 1. The van der Waals surface area contributed by atoms with Crippen LogP contribution < -0.4 is 11.3 Å². The van der Waals surface area contributed by atoms with Crippen LogP contribution in [0.2, 0.25) is 15.1 Å². The van der Waals surface area contributed by atoms with Crippen LogP contribution >= 0.6 is 34.8 Å². The lowest BCUT2D eigenvalue weighted by Crippen LogP contribution is -2.29. The average molecular weight is 320 g/mol. The normalized spacial score (nSPS) is 12.5. The summed E-state index contributed by atoms with van der Waals surface area (Å²) in [6.07, 6.45) is 0. The van der Waals surface area contributed by atoms with Crippen LogP contribution in [-0.2, 0) is 0 Å². The van der Waals surface area contributed by atoms with Crippen molar-refractivity contribution in [2.75, 3.05) is 0 Å². The average Bonchev–Trinajstić information content (AvgIpc) is 2.38. The summed E-state index contributed by atoms with van der Waals surface area (Å²) in [7, 11) is 0. The third kappa shape index (κ3) is 3.19. The van der Waals surface area contributed by atoms with E-state index in [1.165, 1.54) is 18.2 Å². The zero-order valence-corrected chi connectivity index (χ0v) is 11.9. The fourth-order valence-corrected chi connectivity index (χ4v) is 2.33. The van der Waals surface area contributed by atoms with Crippen molar-refractivity contribution in [2.45, 2.75) is 6.04 Å². The lowest BCUT2D eigenvalue weighted by Gasteiger charge is -2.18. The van der Waals surface area contributed by atoms with E-state index in [9.17, 15) is 4.39 Å². The van der Waals surface area contributed by atoms with Gasteiger partial charge >= 0.3 is 0 Å². The van der Waals surface area contributed by atoms with E-state index in [2.05, 4.69) is 5.43 Å². The third-order valence-corrected chi connectivity index (χ3v) is 3.80. The van der Waals surface area contributed by atoms with Crippen molar-refractivity contribution in [1.82, 2.24) is 5.43 Å². The van der Waals surface area contributed by atoms with Crippen molar-refractivity contribution in [2.24, 2.45) is 5.84 Å². The highest BCUT2D eigenvalue weighted by atomic mass is 35.5. The van der Waals surface area contributed by atoms with Gasteiger partial charge in [0.15, 0.2) is 0 Å². The van der Waals surface area contributed by atoms with Gasteiger partial charge in [-0.25, -0.2) is 9.82 Å². The predicted molar refractivity (Wildman–Crippen MR) is 77.0 cm³/mol. The first kappa shape index (κ1) is 14.6. The van der Waals surface area contributed by atoms with E-state index < -0.39 is 6.04 Å². The fraction of sp³-hybridized carbons (Fsp3) is 0.0769. The molecule has 0 saturated carbocycles. The van der Waals surface area contributed by atoms with Crippen LogP contribution in [0.1, 0.15) is 17.2 Å². The molecule has 1 atom stereocenters. The second-order valence-corrected chi connectivity index (χ2v) is 5.16. The Kier molecular flexibility index (Phi) is 4.66. The first-order valence-electron chi connectivity index (χ1n) is 5.39. The molecule has 2 aromatic rings. The monoisotopic (exact) mass is 318 g/mol. The van der Waals surface area contributed by atoms with Crippen molar-refractivity contribution in [3.05, 3.63) is 68.4 Å². The van der Waals surface area contributed by atoms with E-state index >= 15 is 0 Å². The summed E-state index contributed by atoms with van der Waals surface area (Å²) in [5.74, 6) is 5.15. The zero-order valence-electron chi connectivity index (χ0n) is 9.63. The predicted octanol–water partition coefficient (Wildman–Crippen LogP) is 4.34. The van der Waals surface area contributed by atoms with Crippen LogP contribution in [0.15, 0.2) is 36.4 Å². The molecule has 6 heteroatoms. The molecular weight excluding hydrogens is 310 g/mol. The second kappa shape index (κ2) is 6.07. The van der Waals surface area contributed by atoms with Crippen molar-refractivity contribution in [1.29, 1.82) is 0 Å². The SMILES string of the molecule is NNC(c1ccc(Cl)c(Cl)c1)c1cc(F)ccc1Cl. The molecular formula is C13H10Cl3FN2. The highest BCUT2D eigenvalue weighted by Crippen LogP contribution is 2.32. The van der Waals surface area contributed by atoms with E-state index in [-0.39, 0.29) is 5.82 Å².